The van der Waals surface area contributed by atoms with E-state index in [2.05, 4.69) is 15.6 Å². The topological polar surface area (TPSA) is 63.2 Å². The summed E-state index contributed by atoms with van der Waals surface area (Å²) in [5.74, 6) is 0.0753. The Kier molecular flexibility index (Phi) is 5.10. The average Bonchev–Trinajstić information content (AvgIpc) is 2.76. The fraction of sp³-hybridized carbons (Fsp3) is 0.667. The van der Waals surface area contributed by atoms with E-state index in [1.54, 1.807) is 11.3 Å². The van der Waals surface area contributed by atoms with E-state index in [1.807, 2.05) is 12.3 Å². The number of amides is 1. The number of carbonyl (C=O) groups is 1. The average molecular weight is 269 g/mol. The van der Waals surface area contributed by atoms with Crippen LogP contribution in [0.15, 0.2) is 5.38 Å². The highest BCUT2D eigenvalue weighted by Crippen LogP contribution is 2.08. The van der Waals surface area contributed by atoms with Gasteiger partial charge in [-0.3, -0.25) is 4.79 Å². The molecule has 1 fully saturated rings. The molecule has 100 valence electrons. The number of thiazole rings is 1. The molecule has 0 radical (unpaired) electrons. The first-order valence-corrected chi connectivity index (χ1v) is 7.11. The lowest BCUT2D eigenvalue weighted by molar-refractivity contribution is -0.122. The van der Waals surface area contributed by atoms with Crippen molar-refractivity contribution in [3.63, 3.8) is 0 Å². The summed E-state index contributed by atoms with van der Waals surface area (Å²) in [4.78, 5) is 16.0. The van der Waals surface area contributed by atoms with Crippen LogP contribution in [0.25, 0.3) is 0 Å². The third-order valence-electron chi connectivity index (χ3n) is 2.76. The van der Waals surface area contributed by atoms with Crippen LogP contribution in [-0.4, -0.2) is 43.2 Å². The first-order chi connectivity index (χ1) is 8.74. The molecule has 1 unspecified atom stereocenters. The second-order valence-electron chi connectivity index (χ2n) is 4.41. The molecule has 1 saturated heterocycles. The van der Waals surface area contributed by atoms with Crippen LogP contribution in [0.2, 0.25) is 0 Å². The smallest absolute Gasteiger partial charge is 0.221 e. The molecule has 0 aromatic carbocycles. The van der Waals surface area contributed by atoms with Crippen LogP contribution in [0, 0.1) is 6.92 Å². The van der Waals surface area contributed by atoms with Gasteiger partial charge in [-0.25, -0.2) is 4.98 Å². The van der Waals surface area contributed by atoms with Crippen molar-refractivity contribution in [1.82, 2.24) is 15.6 Å². The van der Waals surface area contributed by atoms with Crippen LogP contribution >= 0.6 is 11.3 Å². The van der Waals surface area contributed by atoms with Crippen LogP contribution in [0.4, 0.5) is 0 Å². The molecule has 1 amide bonds. The Balaban J connectivity index is 1.62. The standard InChI is InChI=1S/C12H19N3O2S/c1-9-8-18-12(15-9)2-3-14-11(16)6-10-7-17-5-4-13-10/h8,10,13H,2-7H2,1H3,(H,14,16). The second kappa shape index (κ2) is 6.82. The van der Waals surface area contributed by atoms with Gasteiger partial charge >= 0.3 is 0 Å². The minimum Gasteiger partial charge on any atom is -0.378 e. The van der Waals surface area contributed by atoms with Crippen LogP contribution in [0.3, 0.4) is 0 Å². The summed E-state index contributed by atoms with van der Waals surface area (Å²) in [7, 11) is 0. The van der Waals surface area contributed by atoms with E-state index in [9.17, 15) is 4.79 Å². The first-order valence-electron chi connectivity index (χ1n) is 6.23. The monoisotopic (exact) mass is 269 g/mol. The molecule has 0 spiro atoms. The molecular formula is C12H19N3O2S. The van der Waals surface area contributed by atoms with Crippen molar-refractivity contribution in [2.45, 2.75) is 25.8 Å². The van der Waals surface area contributed by atoms with E-state index in [0.29, 0.717) is 19.6 Å². The van der Waals surface area contributed by atoms with E-state index in [0.717, 1.165) is 30.3 Å². The van der Waals surface area contributed by atoms with Gasteiger partial charge in [-0.15, -0.1) is 11.3 Å². The summed E-state index contributed by atoms with van der Waals surface area (Å²) in [6.45, 7) is 4.82. The van der Waals surface area contributed by atoms with Gasteiger partial charge in [0.15, 0.2) is 0 Å². The minimum atomic E-state index is 0.0753. The van der Waals surface area contributed by atoms with Crippen molar-refractivity contribution >= 4 is 17.2 Å². The van der Waals surface area contributed by atoms with Crippen LogP contribution in [0.5, 0.6) is 0 Å². The van der Waals surface area contributed by atoms with Crippen molar-refractivity contribution < 1.29 is 9.53 Å². The summed E-state index contributed by atoms with van der Waals surface area (Å²) in [5.41, 5.74) is 1.05. The number of aromatic nitrogens is 1. The van der Waals surface area contributed by atoms with Gasteiger partial charge < -0.3 is 15.4 Å². The Bertz CT molecular complexity index is 388. The lowest BCUT2D eigenvalue weighted by Crippen LogP contribution is -2.44. The maximum Gasteiger partial charge on any atom is 0.221 e. The van der Waals surface area contributed by atoms with Crippen molar-refractivity contribution in [3.8, 4) is 0 Å². The van der Waals surface area contributed by atoms with E-state index in [4.69, 9.17) is 4.74 Å². The SMILES string of the molecule is Cc1csc(CCNC(=O)CC2COCCN2)n1. The molecule has 1 aromatic rings. The fourth-order valence-electron chi connectivity index (χ4n) is 1.87. The molecule has 18 heavy (non-hydrogen) atoms. The summed E-state index contributed by atoms with van der Waals surface area (Å²) in [6.07, 6.45) is 1.29. The van der Waals surface area contributed by atoms with Crippen molar-refractivity contribution in [2.24, 2.45) is 0 Å². The number of hydrogen-bond donors (Lipinski definition) is 2. The Labute approximate surface area is 111 Å². The number of aryl methyl sites for hydroxylation is 1. The number of morpholine rings is 1. The zero-order valence-corrected chi connectivity index (χ0v) is 11.4. The Morgan fingerprint density at radius 1 is 1.72 bits per heavy atom. The molecule has 1 aliphatic rings. The molecule has 6 heteroatoms. The number of hydrogen-bond acceptors (Lipinski definition) is 5. The number of rotatable bonds is 5. The van der Waals surface area contributed by atoms with Crippen molar-refractivity contribution in [3.05, 3.63) is 16.1 Å². The van der Waals surface area contributed by atoms with Gasteiger partial charge in [0.05, 0.1) is 18.2 Å². The molecule has 2 N–H and O–H groups in total. The van der Waals surface area contributed by atoms with Gasteiger partial charge in [0.25, 0.3) is 0 Å². The molecule has 2 heterocycles. The van der Waals surface area contributed by atoms with Crippen LogP contribution < -0.4 is 10.6 Å². The maximum absolute atomic E-state index is 11.7. The molecule has 0 saturated carbocycles. The Hall–Kier alpha value is -0.980. The number of carbonyl (C=O) groups excluding carboxylic acids is 1. The van der Waals surface area contributed by atoms with Crippen molar-refractivity contribution in [2.75, 3.05) is 26.3 Å². The molecule has 0 aliphatic carbocycles. The highest BCUT2D eigenvalue weighted by molar-refractivity contribution is 7.09. The molecule has 1 aliphatic heterocycles. The summed E-state index contributed by atoms with van der Waals surface area (Å²) in [5, 5.41) is 9.29. The van der Waals surface area contributed by atoms with E-state index < -0.39 is 0 Å². The van der Waals surface area contributed by atoms with Gasteiger partial charge in [-0.05, 0) is 6.92 Å². The van der Waals surface area contributed by atoms with Gasteiger partial charge in [0, 0.05) is 43.0 Å². The minimum absolute atomic E-state index is 0.0753. The normalized spacial score (nSPS) is 19.7. The third-order valence-corrected chi connectivity index (χ3v) is 3.78. The number of ether oxygens (including phenoxy) is 1. The van der Waals surface area contributed by atoms with E-state index in [1.165, 1.54) is 0 Å². The molecule has 0 bridgehead atoms. The van der Waals surface area contributed by atoms with Gasteiger partial charge in [0.2, 0.25) is 5.91 Å². The van der Waals surface area contributed by atoms with E-state index >= 15 is 0 Å². The lowest BCUT2D eigenvalue weighted by atomic mass is 10.2. The largest absolute Gasteiger partial charge is 0.378 e. The maximum atomic E-state index is 11.7. The summed E-state index contributed by atoms with van der Waals surface area (Å²) >= 11 is 1.64. The third kappa shape index (κ3) is 4.36. The summed E-state index contributed by atoms with van der Waals surface area (Å²) < 4.78 is 5.31. The van der Waals surface area contributed by atoms with Gasteiger partial charge in [-0.1, -0.05) is 0 Å². The Morgan fingerprint density at radius 3 is 3.28 bits per heavy atom. The first kappa shape index (κ1) is 13.5. The molecule has 2 rings (SSSR count). The fourth-order valence-corrected chi connectivity index (χ4v) is 2.65. The van der Waals surface area contributed by atoms with Gasteiger partial charge in [0.1, 0.15) is 0 Å². The lowest BCUT2D eigenvalue weighted by Gasteiger charge is -2.23. The number of nitrogens with zero attached hydrogens (tertiary/aromatic N) is 1. The predicted octanol–water partition coefficient (Wildman–Crippen LogP) is 0.489. The second-order valence-corrected chi connectivity index (χ2v) is 5.36. The highest BCUT2D eigenvalue weighted by Gasteiger charge is 2.16. The van der Waals surface area contributed by atoms with Crippen LogP contribution in [-0.2, 0) is 16.0 Å². The quantitative estimate of drug-likeness (QED) is 0.816. The predicted molar refractivity (Wildman–Crippen MR) is 70.8 cm³/mol. The zero-order valence-electron chi connectivity index (χ0n) is 10.6. The van der Waals surface area contributed by atoms with Gasteiger partial charge in [-0.2, -0.15) is 0 Å². The van der Waals surface area contributed by atoms with E-state index in [-0.39, 0.29) is 11.9 Å². The van der Waals surface area contributed by atoms with Crippen molar-refractivity contribution in [1.29, 1.82) is 0 Å². The molecular weight excluding hydrogens is 250 g/mol. The molecule has 1 atom stereocenters. The Morgan fingerprint density at radius 2 is 2.61 bits per heavy atom. The summed E-state index contributed by atoms with van der Waals surface area (Å²) in [6, 6.07) is 0.154. The van der Waals surface area contributed by atoms with Crippen LogP contribution in [0.1, 0.15) is 17.1 Å². The zero-order chi connectivity index (χ0) is 12.8. The number of nitrogens with one attached hydrogen (secondary N) is 2. The molecule has 1 aromatic heterocycles. The highest BCUT2D eigenvalue weighted by atomic mass is 32.1. The molecule has 5 nitrogen and oxygen atoms in total.